The number of alkyl halides is 3. The van der Waals surface area contributed by atoms with Crippen LogP contribution in [0.1, 0.15) is 17.0 Å². The van der Waals surface area contributed by atoms with E-state index in [0.29, 0.717) is 37.7 Å². The molecule has 1 saturated heterocycles. The van der Waals surface area contributed by atoms with Crippen LogP contribution in [0.15, 0.2) is 18.2 Å². The topological polar surface area (TPSA) is 53.4 Å². The summed E-state index contributed by atoms with van der Waals surface area (Å²) in [4.78, 5) is 16.4. The average molecular weight is 464 g/mol. The number of halogens is 5. The number of benzene rings is 1. The van der Waals surface area contributed by atoms with Gasteiger partial charge in [-0.15, -0.1) is 0 Å². The van der Waals surface area contributed by atoms with E-state index in [1.165, 1.54) is 6.92 Å². The minimum Gasteiger partial charge on any atom is -0.368 e. The Kier molecular flexibility index (Phi) is 6.84. The molecule has 1 aromatic heterocycles. The highest BCUT2D eigenvalue weighted by molar-refractivity contribution is 6.32. The monoisotopic (exact) mass is 463 g/mol. The van der Waals surface area contributed by atoms with E-state index in [1.807, 2.05) is 25.2 Å². The third-order valence-corrected chi connectivity index (χ3v) is 5.90. The van der Waals surface area contributed by atoms with Crippen molar-refractivity contribution in [1.29, 1.82) is 0 Å². The molecule has 164 valence electrons. The molecule has 0 unspecified atom stereocenters. The maximum atomic E-state index is 13.0. The molecule has 0 bridgehead atoms. The Bertz CT molecular complexity index is 924. The Morgan fingerprint density at radius 3 is 2.43 bits per heavy atom. The largest absolute Gasteiger partial charge is 0.436 e. The van der Waals surface area contributed by atoms with Crippen LogP contribution in [0.3, 0.4) is 0 Å². The predicted octanol–water partition coefficient (Wildman–Crippen LogP) is 3.59. The molecule has 6 nitrogen and oxygen atoms in total. The summed E-state index contributed by atoms with van der Waals surface area (Å²) >= 11 is 12.0. The van der Waals surface area contributed by atoms with Gasteiger partial charge in [0.15, 0.2) is 5.69 Å². The maximum absolute atomic E-state index is 13.0. The molecule has 1 aliphatic rings. The Balaban J connectivity index is 1.63. The summed E-state index contributed by atoms with van der Waals surface area (Å²) in [7, 11) is 1.85. The van der Waals surface area contributed by atoms with Crippen LogP contribution in [0.5, 0.6) is 0 Å². The number of hydrogen-bond acceptors (Lipinski definition) is 4. The van der Waals surface area contributed by atoms with Crippen molar-refractivity contribution in [2.75, 3.05) is 38.1 Å². The lowest BCUT2D eigenvalue weighted by Gasteiger charge is -2.36. The standard InChI is InChI=1S/C19H22Cl2F3N5O/c1-12-17(21)18(19(22,23)24)26-29(12)11-16(30)28-7-5-27(6-8-28)14-3-4-15(20)13(9-14)10-25-2/h3-4,9,25H,5-8,10-11H2,1-2H3. The van der Waals surface area contributed by atoms with Crippen molar-refractivity contribution in [2.45, 2.75) is 26.2 Å². The predicted molar refractivity (Wildman–Crippen MR) is 110 cm³/mol. The number of anilines is 1. The van der Waals surface area contributed by atoms with E-state index in [0.717, 1.165) is 15.9 Å². The average Bonchev–Trinajstić information content (AvgIpc) is 2.98. The van der Waals surface area contributed by atoms with E-state index in [9.17, 15) is 18.0 Å². The van der Waals surface area contributed by atoms with Gasteiger partial charge in [-0.1, -0.05) is 23.2 Å². The van der Waals surface area contributed by atoms with Crippen molar-refractivity contribution < 1.29 is 18.0 Å². The number of piperazine rings is 1. The normalized spacial score (nSPS) is 15.0. The van der Waals surface area contributed by atoms with Crippen molar-refractivity contribution >= 4 is 34.8 Å². The Morgan fingerprint density at radius 1 is 1.20 bits per heavy atom. The minimum atomic E-state index is -4.66. The first-order chi connectivity index (χ1) is 14.1. The van der Waals surface area contributed by atoms with Gasteiger partial charge in [0.25, 0.3) is 0 Å². The van der Waals surface area contributed by atoms with E-state index in [1.54, 1.807) is 4.90 Å². The van der Waals surface area contributed by atoms with Gasteiger partial charge in [0, 0.05) is 43.4 Å². The molecule has 1 fully saturated rings. The SMILES string of the molecule is CNCc1cc(N2CCN(C(=O)Cn3nc(C(F)(F)F)c(Cl)c3C)CC2)ccc1Cl. The Morgan fingerprint density at radius 2 is 1.87 bits per heavy atom. The maximum Gasteiger partial charge on any atom is 0.436 e. The number of rotatable bonds is 5. The van der Waals surface area contributed by atoms with Gasteiger partial charge < -0.3 is 15.1 Å². The molecule has 0 spiro atoms. The Labute approximate surface area is 182 Å². The number of nitrogens with one attached hydrogen (secondary N) is 1. The molecule has 0 saturated carbocycles. The lowest BCUT2D eigenvalue weighted by atomic mass is 10.1. The van der Waals surface area contributed by atoms with E-state index in [2.05, 4.69) is 15.3 Å². The number of aromatic nitrogens is 2. The summed E-state index contributed by atoms with van der Waals surface area (Å²) in [5.41, 5.74) is 0.955. The third-order valence-electron chi connectivity index (χ3n) is 5.08. The first kappa shape index (κ1) is 22.7. The van der Waals surface area contributed by atoms with Crippen molar-refractivity contribution in [2.24, 2.45) is 0 Å². The number of carbonyl (C=O) groups is 1. The quantitative estimate of drug-likeness (QED) is 0.735. The second kappa shape index (κ2) is 9.03. The third kappa shape index (κ3) is 4.84. The zero-order valence-corrected chi connectivity index (χ0v) is 18.1. The van der Waals surface area contributed by atoms with Crippen LogP contribution >= 0.6 is 23.2 Å². The first-order valence-electron chi connectivity index (χ1n) is 9.37. The zero-order chi connectivity index (χ0) is 22.1. The summed E-state index contributed by atoms with van der Waals surface area (Å²) in [6.45, 7) is 3.93. The van der Waals surface area contributed by atoms with Crippen LogP contribution in [-0.4, -0.2) is 53.8 Å². The van der Waals surface area contributed by atoms with Crippen LogP contribution in [-0.2, 0) is 24.1 Å². The summed E-state index contributed by atoms with van der Waals surface area (Å²) in [6.07, 6.45) is -4.66. The smallest absolute Gasteiger partial charge is 0.368 e. The van der Waals surface area contributed by atoms with Crippen LogP contribution in [0, 0.1) is 6.92 Å². The van der Waals surface area contributed by atoms with E-state index in [4.69, 9.17) is 23.2 Å². The summed E-state index contributed by atoms with van der Waals surface area (Å²) in [5.74, 6) is -0.294. The molecule has 0 atom stereocenters. The minimum absolute atomic E-state index is 0.120. The highest BCUT2D eigenvalue weighted by Crippen LogP contribution is 2.35. The highest BCUT2D eigenvalue weighted by atomic mass is 35.5. The first-order valence-corrected chi connectivity index (χ1v) is 10.1. The molecule has 30 heavy (non-hydrogen) atoms. The van der Waals surface area contributed by atoms with Gasteiger partial charge in [-0.05, 0) is 37.7 Å². The van der Waals surface area contributed by atoms with Gasteiger partial charge in [-0.25, -0.2) is 0 Å². The van der Waals surface area contributed by atoms with Gasteiger partial charge in [-0.3, -0.25) is 9.48 Å². The highest BCUT2D eigenvalue weighted by Gasteiger charge is 2.38. The molecule has 1 N–H and O–H groups in total. The molecular formula is C19H22Cl2F3N5O. The van der Waals surface area contributed by atoms with Gasteiger partial charge in [0.2, 0.25) is 5.91 Å². The second-order valence-electron chi connectivity index (χ2n) is 7.08. The molecule has 3 rings (SSSR count). The number of amides is 1. The number of nitrogens with zero attached hydrogens (tertiary/aromatic N) is 4. The second-order valence-corrected chi connectivity index (χ2v) is 7.86. The molecule has 1 amide bonds. The zero-order valence-electron chi connectivity index (χ0n) is 16.6. The molecule has 2 aromatic rings. The Hall–Kier alpha value is -1.97. The molecule has 0 aliphatic carbocycles. The van der Waals surface area contributed by atoms with Gasteiger partial charge in [-0.2, -0.15) is 18.3 Å². The van der Waals surface area contributed by atoms with Gasteiger partial charge in [0.05, 0.1) is 10.7 Å². The fourth-order valence-corrected chi connectivity index (χ4v) is 3.81. The van der Waals surface area contributed by atoms with Crippen LogP contribution < -0.4 is 10.2 Å². The summed E-state index contributed by atoms with van der Waals surface area (Å²) < 4.78 is 39.9. The van der Waals surface area contributed by atoms with E-state index < -0.39 is 16.9 Å². The van der Waals surface area contributed by atoms with Crippen LogP contribution in [0.2, 0.25) is 10.0 Å². The molecular weight excluding hydrogens is 442 g/mol. The fraction of sp³-hybridized carbons (Fsp3) is 0.474. The van der Waals surface area contributed by atoms with Gasteiger partial charge in [0.1, 0.15) is 6.54 Å². The van der Waals surface area contributed by atoms with Crippen LogP contribution in [0.4, 0.5) is 18.9 Å². The van der Waals surface area contributed by atoms with E-state index in [-0.39, 0.29) is 18.1 Å². The number of carbonyl (C=O) groups excluding carboxylic acids is 1. The summed E-state index contributed by atoms with van der Waals surface area (Å²) in [5, 5.41) is 6.79. The lowest BCUT2D eigenvalue weighted by Crippen LogP contribution is -2.49. The lowest BCUT2D eigenvalue weighted by molar-refractivity contribution is -0.142. The summed E-state index contributed by atoms with van der Waals surface area (Å²) in [6, 6.07) is 5.81. The van der Waals surface area contributed by atoms with Gasteiger partial charge >= 0.3 is 6.18 Å². The van der Waals surface area contributed by atoms with Crippen molar-refractivity contribution in [1.82, 2.24) is 20.0 Å². The van der Waals surface area contributed by atoms with Crippen molar-refractivity contribution in [3.8, 4) is 0 Å². The number of hydrogen-bond donors (Lipinski definition) is 1. The van der Waals surface area contributed by atoms with Crippen LogP contribution in [0.25, 0.3) is 0 Å². The van der Waals surface area contributed by atoms with Crippen molar-refractivity contribution in [3.05, 3.63) is 45.2 Å². The van der Waals surface area contributed by atoms with E-state index >= 15 is 0 Å². The molecule has 2 heterocycles. The van der Waals surface area contributed by atoms with Crippen molar-refractivity contribution in [3.63, 3.8) is 0 Å². The molecule has 0 radical (unpaired) electrons. The molecule has 1 aliphatic heterocycles. The fourth-order valence-electron chi connectivity index (χ4n) is 3.39. The molecule has 11 heteroatoms. The molecule has 1 aromatic carbocycles.